The van der Waals surface area contributed by atoms with E-state index in [-0.39, 0.29) is 22.8 Å². The molecule has 0 radical (unpaired) electrons. The van der Waals surface area contributed by atoms with E-state index < -0.39 is 28.4 Å². The maximum absolute atomic E-state index is 14.0. The number of hydrogen-bond acceptors (Lipinski definition) is 9. The van der Waals surface area contributed by atoms with Crippen LogP contribution in [0.15, 0.2) is 168 Å². The Labute approximate surface area is 366 Å². The molecule has 1 heterocycles. The van der Waals surface area contributed by atoms with Crippen molar-refractivity contribution in [3.8, 4) is 0 Å². The monoisotopic (exact) mass is 836 g/mol. The van der Waals surface area contributed by atoms with E-state index in [4.69, 9.17) is 9.47 Å². The van der Waals surface area contributed by atoms with Gasteiger partial charge in [0.1, 0.15) is 5.60 Å². The van der Waals surface area contributed by atoms with E-state index in [9.17, 15) is 19.7 Å². The van der Waals surface area contributed by atoms with E-state index >= 15 is 0 Å². The zero-order chi connectivity index (χ0) is 44.6. The highest BCUT2D eigenvalue weighted by Crippen LogP contribution is 2.41. The molecule has 0 saturated carbocycles. The van der Waals surface area contributed by atoms with Crippen molar-refractivity contribution in [1.82, 2.24) is 15.5 Å². The van der Waals surface area contributed by atoms with Crippen molar-refractivity contribution in [3.05, 3.63) is 206 Å². The number of methoxy groups -OCH3 is 1. The summed E-state index contributed by atoms with van der Waals surface area (Å²) in [7, 11) is 5.27. The SMILES string of the molecule is CNCCC(c1ccccc1)c1ccccc1.COC(=O)C1=C(C)NC(C)=C(C(=O)OC(C)(C)CN(C)CCC(c2ccccc2)c2ccccc2)C1c1cccc([N+](=O)[O-])c1. The fourth-order valence-electron chi connectivity index (χ4n) is 8.29. The number of allylic oxidation sites excluding steroid dienone is 2. The predicted molar refractivity (Wildman–Crippen MR) is 247 cm³/mol. The number of nitro groups is 1. The van der Waals surface area contributed by atoms with E-state index in [2.05, 4.69) is 125 Å². The zero-order valence-electron chi connectivity index (χ0n) is 37.0. The Morgan fingerprint density at radius 2 is 1.18 bits per heavy atom. The van der Waals surface area contributed by atoms with Crippen LogP contribution >= 0.6 is 0 Å². The van der Waals surface area contributed by atoms with Crippen LogP contribution in [0.2, 0.25) is 0 Å². The summed E-state index contributed by atoms with van der Waals surface area (Å²) >= 11 is 0. The predicted octanol–water partition coefficient (Wildman–Crippen LogP) is 9.91. The van der Waals surface area contributed by atoms with Gasteiger partial charge in [-0.05, 0) is 95.5 Å². The summed E-state index contributed by atoms with van der Waals surface area (Å²) in [6, 6.07) is 48.2. The van der Waals surface area contributed by atoms with E-state index in [0.29, 0.717) is 29.4 Å². The molecule has 5 aromatic carbocycles. The first-order chi connectivity index (χ1) is 29.8. The van der Waals surface area contributed by atoms with Gasteiger partial charge in [-0.3, -0.25) is 10.1 Å². The number of esters is 2. The lowest BCUT2D eigenvalue weighted by molar-refractivity contribution is -0.384. The summed E-state index contributed by atoms with van der Waals surface area (Å²) in [4.78, 5) is 40.2. The second kappa shape index (κ2) is 22.5. The third-order valence-electron chi connectivity index (χ3n) is 11.1. The van der Waals surface area contributed by atoms with Gasteiger partial charge >= 0.3 is 11.9 Å². The number of nitro benzene ring substituents is 1. The minimum atomic E-state index is -0.919. The standard InChI is InChI=1S/C36H41N3O6.C16H19N/c1-24-31(34(40)44-6)33(28-18-13-19-29(22-28)39(42)43)32(25(2)37-24)35(41)45-36(3,4)23-38(5)21-20-30(26-14-9-7-10-15-26)27-16-11-8-12-17-27;1-17-13-12-16(14-8-4-2-5-9-14)15-10-6-3-7-11-15/h7-19,22,30,33,37H,20-21,23H2,1-6H3;2-11,16-17H,12-13H2,1H3. The number of nitrogens with one attached hydrogen (secondary N) is 2. The molecule has 10 heteroatoms. The highest BCUT2D eigenvalue weighted by Gasteiger charge is 2.40. The molecule has 1 unspecified atom stereocenters. The Bertz CT molecular complexity index is 2220. The van der Waals surface area contributed by atoms with Gasteiger partial charge in [0.05, 0.1) is 29.1 Å². The number of likely N-dealkylation sites (N-methyl/N-ethyl adjacent to an activating group) is 1. The molecular formula is C52H60N4O6. The van der Waals surface area contributed by atoms with Crippen LogP contribution in [0.4, 0.5) is 5.69 Å². The molecule has 1 aliphatic heterocycles. The second-order valence-corrected chi connectivity index (χ2v) is 16.3. The minimum absolute atomic E-state index is 0.149. The minimum Gasteiger partial charge on any atom is -0.466 e. The van der Waals surface area contributed by atoms with Crippen LogP contribution in [-0.4, -0.2) is 68.2 Å². The van der Waals surface area contributed by atoms with Gasteiger partial charge in [0.2, 0.25) is 0 Å². The fraction of sp³-hybridized carbons (Fsp3) is 0.308. The molecule has 0 fully saturated rings. The zero-order valence-corrected chi connectivity index (χ0v) is 37.0. The number of hydrogen-bond donors (Lipinski definition) is 2. The van der Waals surface area contributed by atoms with Crippen molar-refractivity contribution in [2.45, 2.75) is 63.9 Å². The summed E-state index contributed by atoms with van der Waals surface area (Å²) < 4.78 is 11.2. The van der Waals surface area contributed by atoms with Gasteiger partial charge in [-0.2, -0.15) is 0 Å². The summed E-state index contributed by atoms with van der Waals surface area (Å²) in [5, 5.41) is 17.9. The van der Waals surface area contributed by atoms with Crippen molar-refractivity contribution in [1.29, 1.82) is 0 Å². The van der Waals surface area contributed by atoms with Crippen LogP contribution in [0.3, 0.4) is 0 Å². The van der Waals surface area contributed by atoms with Gasteiger partial charge in [0, 0.05) is 41.9 Å². The van der Waals surface area contributed by atoms with Crippen molar-refractivity contribution in [2.24, 2.45) is 0 Å². The van der Waals surface area contributed by atoms with Gasteiger partial charge in [-0.1, -0.05) is 133 Å². The van der Waals surface area contributed by atoms with Gasteiger partial charge in [-0.25, -0.2) is 9.59 Å². The number of rotatable bonds is 17. The topological polar surface area (TPSA) is 123 Å². The first-order valence-corrected chi connectivity index (χ1v) is 21.1. The van der Waals surface area contributed by atoms with Crippen LogP contribution in [-0.2, 0) is 19.1 Å². The van der Waals surface area contributed by atoms with Crippen molar-refractivity contribution in [2.75, 3.05) is 40.8 Å². The number of carbonyl (C=O) groups excluding carboxylic acids is 2. The molecule has 0 spiro atoms. The molecule has 6 rings (SSSR count). The Kier molecular flexibility index (Phi) is 16.9. The molecule has 1 aliphatic rings. The number of carbonyl (C=O) groups is 2. The Balaban J connectivity index is 0.000000355. The average molecular weight is 837 g/mol. The third-order valence-corrected chi connectivity index (χ3v) is 11.1. The molecule has 62 heavy (non-hydrogen) atoms. The number of non-ortho nitro benzene ring substituents is 1. The van der Waals surface area contributed by atoms with E-state index in [1.165, 1.54) is 47.6 Å². The normalized spacial score (nSPS) is 14.0. The molecule has 0 aromatic heterocycles. The largest absolute Gasteiger partial charge is 0.466 e. The maximum atomic E-state index is 14.0. The Hall–Kier alpha value is -6.36. The summed E-state index contributed by atoms with van der Waals surface area (Å²) in [5.41, 5.74) is 6.04. The quantitative estimate of drug-likeness (QED) is 0.0535. The maximum Gasteiger partial charge on any atom is 0.337 e. The van der Waals surface area contributed by atoms with Crippen LogP contribution in [0.5, 0.6) is 0 Å². The first-order valence-electron chi connectivity index (χ1n) is 21.1. The highest BCUT2D eigenvalue weighted by atomic mass is 16.6. The van der Waals surface area contributed by atoms with Crippen LogP contribution in [0.1, 0.15) is 86.1 Å². The van der Waals surface area contributed by atoms with Crippen LogP contribution < -0.4 is 10.6 Å². The number of dihydropyridines is 1. The number of ether oxygens (including phenoxy) is 2. The lowest BCUT2D eigenvalue weighted by Crippen LogP contribution is -2.42. The van der Waals surface area contributed by atoms with E-state index in [0.717, 1.165) is 25.9 Å². The Morgan fingerprint density at radius 3 is 1.61 bits per heavy atom. The van der Waals surface area contributed by atoms with Gasteiger partial charge in [0.25, 0.3) is 5.69 Å². The molecular weight excluding hydrogens is 777 g/mol. The summed E-state index contributed by atoms with van der Waals surface area (Å²) in [5.74, 6) is -1.47. The number of benzene rings is 5. The van der Waals surface area contributed by atoms with Crippen molar-refractivity contribution < 1.29 is 24.0 Å². The molecule has 2 N–H and O–H groups in total. The van der Waals surface area contributed by atoms with Gasteiger partial charge in [0.15, 0.2) is 0 Å². The Morgan fingerprint density at radius 1 is 0.726 bits per heavy atom. The van der Waals surface area contributed by atoms with Gasteiger partial charge < -0.3 is 25.0 Å². The molecule has 0 aliphatic carbocycles. The van der Waals surface area contributed by atoms with E-state index in [1.807, 2.05) is 40.1 Å². The van der Waals surface area contributed by atoms with E-state index in [1.54, 1.807) is 19.9 Å². The van der Waals surface area contributed by atoms with Crippen molar-refractivity contribution >= 4 is 17.6 Å². The fourth-order valence-corrected chi connectivity index (χ4v) is 8.29. The lowest BCUT2D eigenvalue weighted by atomic mass is 9.80. The lowest BCUT2D eigenvalue weighted by Gasteiger charge is -2.34. The molecule has 5 aromatic rings. The second-order valence-electron chi connectivity index (χ2n) is 16.3. The highest BCUT2D eigenvalue weighted by molar-refractivity contribution is 6.00. The first kappa shape index (κ1) is 46.7. The molecule has 0 saturated heterocycles. The molecule has 1 atom stereocenters. The van der Waals surface area contributed by atoms with Gasteiger partial charge in [-0.15, -0.1) is 0 Å². The number of nitrogens with zero attached hydrogens (tertiary/aromatic N) is 2. The summed E-state index contributed by atoms with van der Waals surface area (Å²) in [6.45, 7) is 9.38. The van der Waals surface area contributed by atoms with Crippen molar-refractivity contribution in [3.63, 3.8) is 0 Å². The van der Waals surface area contributed by atoms with Crippen LogP contribution in [0.25, 0.3) is 0 Å². The van der Waals surface area contributed by atoms with Crippen LogP contribution in [0, 0.1) is 10.1 Å². The molecule has 324 valence electrons. The summed E-state index contributed by atoms with van der Waals surface area (Å²) in [6.07, 6.45) is 1.99. The molecule has 0 bridgehead atoms. The molecule has 10 nitrogen and oxygen atoms in total. The average Bonchev–Trinajstić information content (AvgIpc) is 3.27. The molecule has 0 amide bonds. The third kappa shape index (κ3) is 12.6. The smallest absolute Gasteiger partial charge is 0.337 e.